The third kappa shape index (κ3) is 44.6. The van der Waals surface area contributed by atoms with Crippen LogP contribution >= 0.6 is 0 Å². The average molecular weight is 1480 g/mol. The maximum Gasteiger partial charge on any atom is 0.220 e. The summed E-state index contributed by atoms with van der Waals surface area (Å²) >= 11 is 0. The van der Waals surface area contributed by atoms with Gasteiger partial charge in [-0.3, -0.25) is 4.79 Å². The number of carbonyl (C=O) groups excluding carboxylic acids is 1. The highest BCUT2D eigenvalue weighted by Crippen LogP contribution is 2.33. The molecule has 105 heavy (non-hydrogen) atoms. The first-order valence-electron chi connectivity index (χ1n) is 41.3. The number of hydrogen-bond acceptors (Lipinski definition) is 18. The molecule has 3 aliphatic rings. The Morgan fingerprint density at radius 2 is 0.667 bits per heavy atom. The van der Waals surface area contributed by atoms with Crippen LogP contribution in [-0.4, -0.2) is 193 Å². The number of unbranched alkanes of at least 4 members (excludes halogenated alkanes) is 30. The van der Waals surface area contributed by atoms with E-state index in [0.717, 1.165) is 103 Å². The molecule has 0 bridgehead atoms. The molecule has 3 heterocycles. The molecule has 604 valence electrons. The van der Waals surface area contributed by atoms with Gasteiger partial charge >= 0.3 is 0 Å². The van der Waals surface area contributed by atoms with Crippen LogP contribution in [0.1, 0.15) is 284 Å². The summed E-state index contributed by atoms with van der Waals surface area (Å²) in [5.74, 6) is -0.288. The number of hydrogen-bond donors (Lipinski definition) is 12. The van der Waals surface area contributed by atoms with E-state index in [1.807, 2.05) is 6.08 Å². The lowest BCUT2D eigenvalue weighted by Crippen LogP contribution is -2.66. The summed E-state index contributed by atoms with van der Waals surface area (Å²) in [5.41, 5.74) is 0. The summed E-state index contributed by atoms with van der Waals surface area (Å²) in [5, 5.41) is 121. The molecule has 17 unspecified atom stereocenters. The third-order valence-corrected chi connectivity index (χ3v) is 19.7. The molecule has 19 heteroatoms. The molecule has 0 radical (unpaired) electrons. The quantitative estimate of drug-likeness (QED) is 0.0199. The van der Waals surface area contributed by atoms with Crippen molar-refractivity contribution < 1.29 is 89.4 Å². The lowest BCUT2D eigenvalue weighted by atomic mass is 9.96. The molecule has 0 aromatic heterocycles. The van der Waals surface area contributed by atoms with Gasteiger partial charge in [-0.1, -0.05) is 302 Å². The summed E-state index contributed by atoms with van der Waals surface area (Å²) in [4.78, 5) is 13.5. The second-order valence-corrected chi connectivity index (χ2v) is 28.8. The Hall–Kier alpha value is -3.81. The van der Waals surface area contributed by atoms with Crippen LogP contribution in [-0.2, 0) is 33.2 Å². The van der Waals surface area contributed by atoms with Crippen molar-refractivity contribution in [2.24, 2.45) is 0 Å². The van der Waals surface area contributed by atoms with E-state index in [2.05, 4.69) is 129 Å². The van der Waals surface area contributed by atoms with Crippen LogP contribution < -0.4 is 5.32 Å². The van der Waals surface area contributed by atoms with E-state index in [9.17, 15) is 61.0 Å². The third-order valence-electron chi connectivity index (χ3n) is 19.7. The highest BCUT2D eigenvalue weighted by molar-refractivity contribution is 5.76. The molecule has 3 fully saturated rings. The number of allylic oxidation sites excluding steroid dienone is 19. The first-order chi connectivity index (χ1) is 51.3. The van der Waals surface area contributed by atoms with Crippen LogP contribution in [0.25, 0.3) is 0 Å². The Morgan fingerprint density at radius 1 is 0.352 bits per heavy atom. The fourth-order valence-corrected chi connectivity index (χ4v) is 13.2. The molecule has 0 aromatic carbocycles. The Labute approximate surface area is 633 Å². The largest absolute Gasteiger partial charge is 0.394 e. The Morgan fingerprint density at radius 3 is 1.07 bits per heavy atom. The van der Waals surface area contributed by atoms with E-state index in [4.69, 9.17) is 28.4 Å². The lowest BCUT2D eigenvalue weighted by molar-refractivity contribution is -0.379. The summed E-state index contributed by atoms with van der Waals surface area (Å²) in [6, 6.07) is -0.998. The predicted molar refractivity (Wildman–Crippen MR) is 420 cm³/mol. The fraction of sp³-hybridized carbons (Fsp3) is 0.756. The molecule has 3 rings (SSSR count). The van der Waals surface area contributed by atoms with Gasteiger partial charge in [0.15, 0.2) is 18.9 Å². The first-order valence-corrected chi connectivity index (χ1v) is 41.3. The minimum Gasteiger partial charge on any atom is -0.394 e. The summed E-state index contributed by atoms with van der Waals surface area (Å²) in [6.45, 7) is 1.62. The van der Waals surface area contributed by atoms with Crippen molar-refractivity contribution in [1.82, 2.24) is 5.32 Å². The minimum atomic E-state index is -1.99. The van der Waals surface area contributed by atoms with E-state index in [1.165, 1.54) is 148 Å². The van der Waals surface area contributed by atoms with Crippen molar-refractivity contribution in [3.63, 3.8) is 0 Å². The lowest BCUT2D eigenvalue weighted by Gasteiger charge is -2.48. The van der Waals surface area contributed by atoms with Gasteiger partial charge in [-0.05, 0) is 96.3 Å². The monoisotopic (exact) mass is 1480 g/mol. The summed E-state index contributed by atoms with van der Waals surface area (Å²) in [7, 11) is 0. The molecule has 12 N–H and O–H groups in total. The van der Waals surface area contributed by atoms with Gasteiger partial charge in [-0.25, -0.2) is 0 Å². The van der Waals surface area contributed by atoms with E-state index in [1.54, 1.807) is 6.08 Å². The number of ether oxygens (including phenoxy) is 6. The number of amides is 1. The van der Waals surface area contributed by atoms with Gasteiger partial charge in [0.2, 0.25) is 5.91 Å². The van der Waals surface area contributed by atoms with Crippen molar-refractivity contribution in [1.29, 1.82) is 0 Å². The Kier molecular flexibility index (Phi) is 59.0. The first kappa shape index (κ1) is 95.4. The molecule has 3 saturated heterocycles. The van der Waals surface area contributed by atoms with Crippen molar-refractivity contribution in [3.05, 3.63) is 122 Å². The maximum atomic E-state index is 13.5. The van der Waals surface area contributed by atoms with Gasteiger partial charge in [0.1, 0.15) is 73.2 Å². The molecule has 0 spiro atoms. The highest BCUT2D eigenvalue weighted by atomic mass is 16.8. The number of rotatable bonds is 64. The summed E-state index contributed by atoms with van der Waals surface area (Å²) < 4.78 is 34.4. The second kappa shape index (κ2) is 65.0. The standard InChI is InChI=1S/C86H147NO18/c1-3-5-7-9-11-13-15-17-19-21-23-25-26-27-28-29-30-31-32-33-34-35-36-37-38-39-40-41-42-44-46-48-50-52-54-56-58-60-62-64-74(92)87-69(70(91)63-61-59-57-55-53-51-49-47-45-43-24-22-20-18-16-14-12-10-8-6-4-2)68-100-84-80(98)77(95)82(72(66-89)102-84)105-86-81(99)78(96)83(73(67-90)103-86)104-85-79(97)76(94)75(93)71(65-88)101-85/h5,7,11,13,17,19,23,25,27-28,30-31,33-34,36-37,53,55,61,63,69-73,75-86,88-91,93-99H,3-4,6,8-10,12,14-16,18,20-22,24,26,29,32,35,38-52,54,56-60,62,64-68H2,1-2H3,(H,87,92)/b7-5-,13-11-,19-17-,25-23-,28-27-,31-30-,34-33-,37-36-,55-53+,63-61+. The van der Waals surface area contributed by atoms with Crippen molar-refractivity contribution in [2.45, 2.75) is 388 Å². The summed E-state index contributed by atoms with van der Waals surface area (Å²) in [6.07, 6.45) is 64.7. The SMILES string of the molecule is CC/C=C\C/C=C\C/C=C\C/C=C\C/C=C\C/C=C\C/C=C\C/C=C\CCCCCCCCCCCCCCCCC(=O)NC(COC1OC(CO)C(OC2OC(CO)C(OC3OC(CO)C(O)C(O)C3O)C(O)C2O)C(O)C1O)C(O)/C=C/CC/C=C/CCCCCCCCCCCCCCCCC. The van der Waals surface area contributed by atoms with Crippen LogP contribution in [0.2, 0.25) is 0 Å². The van der Waals surface area contributed by atoms with Gasteiger partial charge in [0.05, 0.1) is 38.6 Å². The number of aliphatic hydroxyl groups is 11. The molecule has 19 nitrogen and oxygen atoms in total. The average Bonchev–Trinajstić information content (AvgIpc) is 0.780. The molecule has 0 aliphatic carbocycles. The van der Waals surface area contributed by atoms with Crippen LogP contribution in [0.3, 0.4) is 0 Å². The maximum absolute atomic E-state index is 13.5. The highest BCUT2D eigenvalue weighted by Gasteiger charge is 2.54. The molecule has 3 aliphatic heterocycles. The van der Waals surface area contributed by atoms with E-state index in [-0.39, 0.29) is 18.9 Å². The van der Waals surface area contributed by atoms with Crippen LogP contribution in [0.15, 0.2) is 122 Å². The number of carbonyl (C=O) groups is 1. The zero-order valence-electron chi connectivity index (χ0n) is 64.7. The van der Waals surface area contributed by atoms with Gasteiger partial charge < -0.3 is 89.9 Å². The van der Waals surface area contributed by atoms with E-state index in [0.29, 0.717) is 12.8 Å². The smallest absolute Gasteiger partial charge is 0.220 e. The molecule has 1 amide bonds. The van der Waals surface area contributed by atoms with Gasteiger partial charge in [-0.15, -0.1) is 0 Å². The second-order valence-electron chi connectivity index (χ2n) is 28.8. The van der Waals surface area contributed by atoms with Crippen LogP contribution in [0.5, 0.6) is 0 Å². The van der Waals surface area contributed by atoms with Gasteiger partial charge in [-0.2, -0.15) is 0 Å². The van der Waals surface area contributed by atoms with Crippen molar-refractivity contribution >= 4 is 5.91 Å². The fourth-order valence-electron chi connectivity index (χ4n) is 13.2. The van der Waals surface area contributed by atoms with Gasteiger partial charge in [0, 0.05) is 6.42 Å². The normalized spacial score (nSPS) is 26.4. The zero-order valence-corrected chi connectivity index (χ0v) is 64.7. The molecule has 0 aromatic rings. The van der Waals surface area contributed by atoms with Crippen LogP contribution in [0, 0.1) is 0 Å². The molecule has 17 atom stereocenters. The predicted octanol–water partition coefficient (Wildman–Crippen LogP) is 14.3. The topological polar surface area (TPSA) is 307 Å². The number of nitrogens with one attached hydrogen (secondary N) is 1. The van der Waals surface area contributed by atoms with E-state index >= 15 is 0 Å². The van der Waals surface area contributed by atoms with Crippen molar-refractivity contribution in [3.8, 4) is 0 Å². The van der Waals surface area contributed by atoms with E-state index < -0.39 is 124 Å². The van der Waals surface area contributed by atoms with Crippen molar-refractivity contribution in [2.75, 3.05) is 26.4 Å². The van der Waals surface area contributed by atoms with Gasteiger partial charge in [0.25, 0.3) is 0 Å². The molecular weight excluding hydrogens is 1330 g/mol. The molecule has 0 saturated carbocycles. The molecular formula is C86H147NO18. The Balaban J connectivity index is 1.34. The minimum absolute atomic E-state index is 0.229. The van der Waals surface area contributed by atoms with Crippen LogP contribution in [0.4, 0.5) is 0 Å². The zero-order chi connectivity index (χ0) is 76.0. The number of aliphatic hydroxyl groups excluding tert-OH is 11. The Bertz CT molecular complexity index is 2370.